The van der Waals surface area contributed by atoms with Crippen molar-refractivity contribution in [3.63, 3.8) is 0 Å². The Kier molecular flexibility index (Phi) is 2.56. The van der Waals surface area contributed by atoms with Gasteiger partial charge < -0.3 is 9.97 Å². The zero-order valence-electron chi connectivity index (χ0n) is 9.13. The van der Waals surface area contributed by atoms with E-state index in [1.54, 1.807) is 30.5 Å². The van der Waals surface area contributed by atoms with E-state index in [-0.39, 0.29) is 11.4 Å². The van der Waals surface area contributed by atoms with Crippen molar-refractivity contribution < 1.29 is 4.39 Å². The highest BCUT2D eigenvalue weighted by Crippen LogP contribution is 2.25. The summed E-state index contributed by atoms with van der Waals surface area (Å²) in [6, 6.07) is 8.13. The van der Waals surface area contributed by atoms with Crippen molar-refractivity contribution in [2.75, 3.05) is 0 Å². The quantitative estimate of drug-likeness (QED) is 0.711. The molecule has 2 N–H and O–H groups in total. The van der Waals surface area contributed by atoms with Gasteiger partial charge in [-0.3, -0.25) is 4.79 Å². The van der Waals surface area contributed by atoms with Gasteiger partial charge in [0, 0.05) is 21.6 Å². The first-order chi connectivity index (χ1) is 8.65. The Morgan fingerprint density at radius 1 is 1.22 bits per heavy atom. The van der Waals surface area contributed by atoms with Crippen molar-refractivity contribution in [2.24, 2.45) is 0 Å². The number of nitrogens with one attached hydrogen (secondary N) is 2. The molecule has 0 bridgehead atoms. The van der Waals surface area contributed by atoms with Gasteiger partial charge in [0.15, 0.2) is 0 Å². The minimum atomic E-state index is -0.304. The SMILES string of the molecule is O=c1[nH]cc(Br)cc1-c1cc2c(F)cccc2[nH]1. The van der Waals surface area contributed by atoms with Crippen molar-refractivity contribution in [1.29, 1.82) is 0 Å². The largest absolute Gasteiger partial charge is 0.354 e. The second-order valence-corrected chi connectivity index (χ2v) is 4.86. The van der Waals surface area contributed by atoms with Gasteiger partial charge in [0.1, 0.15) is 5.82 Å². The van der Waals surface area contributed by atoms with E-state index in [4.69, 9.17) is 0 Å². The maximum atomic E-state index is 13.6. The molecule has 0 atom stereocenters. The summed E-state index contributed by atoms with van der Waals surface area (Å²) < 4.78 is 14.3. The summed E-state index contributed by atoms with van der Waals surface area (Å²) in [5, 5.41) is 0.479. The summed E-state index contributed by atoms with van der Waals surface area (Å²) in [5.41, 5.74) is 1.52. The number of benzene rings is 1. The summed E-state index contributed by atoms with van der Waals surface area (Å²) in [7, 11) is 0. The number of fused-ring (bicyclic) bond motifs is 1. The molecule has 0 fully saturated rings. The van der Waals surface area contributed by atoms with Gasteiger partial charge in [-0.1, -0.05) is 6.07 Å². The maximum absolute atomic E-state index is 13.6. The number of hydrogen-bond donors (Lipinski definition) is 2. The van der Waals surface area contributed by atoms with Gasteiger partial charge in [0.25, 0.3) is 5.56 Å². The number of pyridine rings is 1. The molecule has 18 heavy (non-hydrogen) atoms. The molecule has 0 aliphatic carbocycles. The van der Waals surface area contributed by atoms with E-state index >= 15 is 0 Å². The van der Waals surface area contributed by atoms with E-state index in [1.807, 2.05) is 0 Å². The third-order valence-corrected chi connectivity index (χ3v) is 3.23. The predicted molar refractivity (Wildman–Crippen MR) is 72.0 cm³/mol. The van der Waals surface area contributed by atoms with Gasteiger partial charge in [-0.2, -0.15) is 0 Å². The van der Waals surface area contributed by atoms with Crippen LogP contribution >= 0.6 is 15.9 Å². The summed E-state index contributed by atoms with van der Waals surface area (Å²) in [6.07, 6.45) is 1.56. The van der Waals surface area contributed by atoms with Crippen molar-refractivity contribution in [2.45, 2.75) is 0 Å². The predicted octanol–water partition coefficient (Wildman–Crippen LogP) is 3.42. The van der Waals surface area contributed by atoms with E-state index in [0.29, 0.717) is 22.2 Å². The van der Waals surface area contributed by atoms with Gasteiger partial charge in [-0.05, 0) is 40.2 Å². The van der Waals surface area contributed by atoms with E-state index in [0.717, 1.165) is 4.47 Å². The molecule has 2 heterocycles. The first-order valence-electron chi connectivity index (χ1n) is 5.31. The van der Waals surface area contributed by atoms with Crippen LogP contribution in [-0.2, 0) is 0 Å². The fourth-order valence-electron chi connectivity index (χ4n) is 1.92. The molecule has 0 aliphatic heterocycles. The molecular weight excluding hydrogens is 299 g/mol. The van der Waals surface area contributed by atoms with Crippen LogP contribution in [0.25, 0.3) is 22.2 Å². The Labute approximate surface area is 110 Å². The molecule has 3 nitrogen and oxygen atoms in total. The van der Waals surface area contributed by atoms with E-state index in [2.05, 4.69) is 25.9 Å². The molecule has 2 aromatic heterocycles. The van der Waals surface area contributed by atoms with Gasteiger partial charge in [0.2, 0.25) is 0 Å². The molecule has 1 aromatic carbocycles. The Morgan fingerprint density at radius 2 is 2.06 bits per heavy atom. The molecule has 0 amide bonds. The van der Waals surface area contributed by atoms with E-state index in [9.17, 15) is 9.18 Å². The van der Waals surface area contributed by atoms with Crippen LogP contribution in [0.4, 0.5) is 4.39 Å². The van der Waals surface area contributed by atoms with E-state index < -0.39 is 0 Å². The average molecular weight is 307 g/mol. The Hall–Kier alpha value is -1.88. The number of H-pyrrole nitrogens is 2. The van der Waals surface area contributed by atoms with Gasteiger partial charge in [0.05, 0.1) is 11.3 Å². The van der Waals surface area contributed by atoms with E-state index in [1.165, 1.54) is 6.07 Å². The van der Waals surface area contributed by atoms with Gasteiger partial charge in [-0.15, -0.1) is 0 Å². The van der Waals surface area contributed by atoms with Gasteiger partial charge in [-0.25, -0.2) is 4.39 Å². The summed E-state index contributed by atoms with van der Waals surface area (Å²) in [5.74, 6) is -0.304. The van der Waals surface area contributed by atoms with Crippen LogP contribution in [0.1, 0.15) is 0 Å². The fourth-order valence-corrected chi connectivity index (χ4v) is 2.26. The Bertz CT molecular complexity index is 791. The van der Waals surface area contributed by atoms with Crippen LogP contribution < -0.4 is 5.56 Å². The van der Waals surface area contributed by atoms with Crippen molar-refractivity contribution >= 4 is 26.8 Å². The molecule has 0 spiro atoms. The van der Waals surface area contributed by atoms with Crippen LogP contribution in [-0.4, -0.2) is 9.97 Å². The zero-order chi connectivity index (χ0) is 12.7. The van der Waals surface area contributed by atoms with Gasteiger partial charge >= 0.3 is 0 Å². The minimum Gasteiger partial charge on any atom is -0.354 e. The monoisotopic (exact) mass is 306 g/mol. The maximum Gasteiger partial charge on any atom is 0.257 e. The number of aromatic amines is 2. The number of rotatable bonds is 1. The van der Waals surface area contributed by atoms with Crippen LogP contribution in [0.2, 0.25) is 0 Å². The first kappa shape index (κ1) is 11.2. The van der Waals surface area contributed by atoms with Crippen molar-refractivity contribution in [3.05, 3.63) is 57.2 Å². The minimum absolute atomic E-state index is 0.217. The molecule has 0 unspecified atom stereocenters. The highest BCUT2D eigenvalue weighted by atomic mass is 79.9. The van der Waals surface area contributed by atoms with Crippen LogP contribution in [0, 0.1) is 5.82 Å². The number of hydrogen-bond acceptors (Lipinski definition) is 1. The smallest absolute Gasteiger partial charge is 0.257 e. The molecule has 0 saturated carbocycles. The van der Waals surface area contributed by atoms with Crippen LogP contribution in [0.15, 0.2) is 45.8 Å². The Balaban J connectivity index is 2.29. The summed E-state index contributed by atoms with van der Waals surface area (Å²) in [4.78, 5) is 17.4. The topological polar surface area (TPSA) is 48.6 Å². The second kappa shape index (κ2) is 4.10. The molecular formula is C13H8BrFN2O. The number of aromatic nitrogens is 2. The molecule has 3 aromatic rings. The normalized spacial score (nSPS) is 11.0. The zero-order valence-corrected chi connectivity index (χ0v) is 10.7. The lowest BCUT2D eigenvalue weighted by atomic mass is 10.2. The first-order valence-corrected chi connectivity index (χ1v) is 6.10. The highest BCUT2D eigenvalue weighted by Gasteiger charge is 2.09. The Morgan fingerprint density at radius 3 is 2.83 bits per heavy atom. The molecule has 0 radical (unpaired) electrons. The number of halogens is 2. The highest BCUT2D eigenvalue weighted by molar-refractivity contribution is 9.10. The molecule has 0 saturated heterocycles. The summed E-state index contributed by atoms with van der Waals surface area (Å²) >= 11 is 3.29. The fraction of sp³-hybridized carbons (Fsp3) is 0. The second-order valence-electron chi connectivity index (χ2n) is 3.94. The lowest BCUT2D eigenvalue weighted by Crippen LogP contribution is -2.07. The standard InChI is InChI=1S/C13H8BrFN2O/c14-7-4-9(13(18)16-6-7)12-5-8-10(15)2-1-3-11(8)17-12/h1-6,17H,(H,16,18). The average Bonchev–Trinajstić information content (AvgIpc) is 2.77. The van der Waals surface area contributed by atoms with Crippen molar-refractivity contribution in [1.82, 2.24) is 9.97 Å². The summed E-state index contributed by atoms with van der Waals surface area (Å²) in [6.45, 7) is 0. The molecule has 0 aliphatic rings. The van der Waals surface area contributed by atoms with Crippen molar-refractivity contribution in [3.8, 4) is 11.3 Å². The molecule has 90 valence electrons. The molecule has 3 rings (SSSR count). The third-order valence-electron chi connectivity index (χ3n) is 2.77. The molecule has 5 heteroatoms. The van der Waals surface area contributed by atoms with Crippen LogP contribution in [0.5, 0.6) is 0 Å². The lowest BCUT2D eigenvalue weighted by Gasteiger charge is -1.97. The lowest BCUT2D eigenvalue weighted by molar-refractivity contribution is 0.640. The van der Waals surface area contributed by atoms with Crippen LogP contribution in [0.3, 0.4) is 0 Å². The third kappa shape index (κ3) is 1.76.